The van der Waals surface area contributed by atoms with Crippen LogP contribution in [0.1, 0.15) is 39.7 Å². The minimum absolute atomic E-state index is 0.504. The molecule has 4 heteroatoms. The van der Waals surface area contributed by atoms with Crippen molar-refractivity contribution >= 4 is 0 Å². The fourth-order valence-electron chi connectivity index (χ4n) is 1.72. The summed E-state index contributed by atoms with van der Waals surface area (Å²) in [7, 11) is 0. The second-order valence-electron chi connectivity index (χ2n) is 5.56. The quantitative estimate of drug-likeness (QED) is 0.758. The van der Waals surface area contributed by atoms with E-state index in [4.69, 9.17) is 4.74 Å². The molecular weight excluding hydrogens is 240 g/mol. The van der Waals surface area contributed by atoms with Gasteiger partial charge in [-0.1, -0.05) is 20.8 Å². The van der Waals surface area contributed by atoms with Crippen LogP contribution in [0.2, 0.25) is 0 Å². The third-order valence-corrected chi connectivity index (χ3v) is 2.83. The molecule has 1 heterocycles. The SMILES string of the molecule is CCCOc1cncc(C(C)(O)CNCC(C)C)c1. The highest BCUT2D eigenvalue weighted by Crippen LogP contribution is 2.22. The number of ether oxygens (including phenoxy) is 1. The summed E-state index contributed by atoms with van der Waals surface area (Å²) in [6, 6.07) is 1.86. The Bertz CT molecular complexity index is 378. The third-order valence-electron chi connectivity index (χ3n) is 2.83. The summed E-state index contributed by atoms with van der Waals surface area (Å²) in [5.74, 6) is 1.27. The summed E-state index contributed by atoms with van der Waals surface area (Å²) in [5.41, 5.74) is -0.162. The highest BCUT2D eigenvalue weighted by atomic mass is 16.5. The Morgan fingerprint density at radius 3 is 2.79 bits per heavy atom. The molecule has 0 bridgehead atoms. The molecule has 0 radical (unpaired) electrons. The van der Waals surface area contributed by atoms with E-state index in [1.54, 1.807) is 19.3 Å². The topological polar surface area (TPSA) is 54.4 Å². The normalized spacial score (nSPS) is 14.4. The van der Waals surface area contributed by atoms with Crippen LogP contribution >= 0.6 is 0 Å². The molecule has 1 atom stereocenters. The van der Waals surface area contributed by atoms with Gasteiger partial charge in [-0.3, -0.25) is 4.98 Å². The molecule has 0 aromatic carbocycles. The molecule has 1 aromatic heterocycles. The van der Waals surface area contributed by atoms with Crippen molar-refractivity contribution in [3.8, 4) is 5.75 Å². The summed E-state index contributed by atoms with van der Waals surface area (Å²) >= 11 is 0. The molecule has 19 heavy (non-hydrogen) atoms. The Morgan fingerprint density at radius 1 is 1.42 bits per heavy atom. The Hall–Kier alpha value is -1.13. The Balaban J connectivity index is 2.65. The average Bonchev–Trinajstić information content (AvgIpc) is 2.36. The number of aromatic nitrogens is 1. The largest absolute Gasteiger partial charge is 0.492 e. The van der Waals surface area contributed by atoms with Crippen molar-refractivity contribution in [3.05, 3.63) is 24.0 Å². The molecule has 2 N–H and O–H groups in total. The molecule has 0 aliphatic carbocycles. The summed E-state index contributed by atoms with van der Waals surface area (Å²) in [6.07, 6.45) is 4.32. The number of nitrogens with zero attached hydrogens (tertiary/aromatic N) is 1. The summed E-state index contributed by atoms with van der Waals surface area (Å²) < 4.78 is 5.54. The van der Waals surface area contributed by atoms with Crippen LogP contribution in [0.25, 0.3) is 0 Å². The van der Waals surface area contributed by atoms with Crippen molar-refractivity contribution in [1.29, 1.82) is 0 Å². The van der Waals surface area contributed by atoms with Gasteiger partial charge in [0.05, 0.1) is 12.8 Å². The highest BCUT2D eigenvalue weighted by molar-refractivity contribution is 5.28. The maximum atomic E-state index is 10.5. The average molecular weight is 266 g/mol. The maximum Gasteiger partial charge on any atom is 0.137 e. The van der Waals surface area contributed by atoms with Crippen LogP contribution < -0.4 is 10.1 Å². The molecular formula is C15H26N2O2. The van der Waals surface area contributed by atoms with E-state index in [1.165, 1.54) is 0 Å². The van der Waals surface area contributed by atoms with E-state index < -0.39 is 5.60 Å². The lowest BCUT2D eigenvalue weighted by Crippen LogP contribution is -2.37. The minimum atomic E-state index is -0.937. The Morgan fingerprint density at radius 2 is 2.16 bits per heavy atom. The van der Waals surface area contributed by atoms with E-state index in [9.17, 15) is 5.11 Å². The van der Waals surface area contributed by atoms with Gasteiger partial charge in [0.25, 0.3) is 0 Å². The smallest absolute Gasteiger partial charge is 0.137 e. The van der Waals surface area contributed by atoms with Gasteiger partial charge >= 0.3 is 0 Å². The third kappa shape index (κ3) is 5.57. The van der Waals surface area contributed by atoms with Crippen LogP contribution in [0, 0.1) is 5.92 Å². The fraction of sp³-hybridized carbons (Fsp3) is 0.667. The van der Waals surface area contributed by atoms with E-state index in [-0.39, 0.29) is 0 Å². The van der Waals surface area contributed by atoms with Crippen LogP contribution in [0.3, 0.4) is 0 Å². The standard InChI is InChI=1S/C15H26N2O2/c1-5-6-19-14-7-13(9-16-10-14)15(4,18)11-17-8-12(2)3/h7,9-10,12,17-18H,5-6,8,11H2,1-4H3. The lowest BCUT2D eigenvalue weighted by molar-refractivity contribution is 0.0557. The zero-order valence-corrected chi connectivity index (χ0v) is 12.4. The molecule has 0 fully saturated rings. The summed E-state index contributed by atoms with van der Waals surface area (Å²) in [4.78, 5) is 4.13. The van der Waals surface area contributed by atoms with Crippen LogP contribution in [0.4, 0.5) is 0 Å². The van der Waals surface area contributed by atoms with E-state index >= 15 is 0 Å². The molecule has 0 aliphatic rings. The van der Waals surface area contributed by atoms with Crippen molar-refractivity contribution in [2.75, 3.05) is 19.7 Å². The van der Waals surface area contributed by atoms with E-state index in [0.29, 0.717) is 24.8 Å². The van der Waals surface area contributed by atoms with Gasteiger partial charge in [0.2, 0.25) is 0 Å². The molecule has 1 rings (SSSR count). The molecule has 108 valence electrons. The molecule has 1 aromatic rings. The van der Waals surface area contributed by atoms with Gasteiger partial charge in [-0.15, -0.1) is 0 Å². The number of hydrogen-bond donors (Lipinski definition) is 2. The molecule has 0 amide bonds. The lowest BCUT2D eigenvalue weighted by atomic mass is 9.97. The maximum absolute atomic E-state index is 10.5. The molecule has 0 saturated heterocycles. The van der Waals surface area contributed by atoms with Gasteiger partial charge in [0.15, 0.2) is 0 Å². The van der Waals surface area contributed by atoms with Crippen molar-refractivity contribution in [3.63, 3.8) is 0 Å². The first-order chi connectivity index (χ1) is 8.95. The zero-order chi connectivity index (χ0) is 14.3. The molecule has 0 aliphatic heterocycles. The summed E-state index contributed by atoms with van der Waals surface area (Å²) in [5, 5.41) is 13.8. The predicted octanol–water partition coefficient (Wildman–Crippen LogP) is 2.32. The van der Waals surface area contributed by atoms with Gasteiger partial charge in [0.1, 0.15) is 11.4 Å². The van der Waals surface area contributed by atoms with Crippen molar-refractivity contribution in [1.82, 2.24) is 10.3 Å². The van der Waals surface area contributed by atoms with Crippen molar-refractivity contribution < 1.29 is 9.84 Å². The molecule has 0 spiro atoms. The van der Waals surface area contributed by atoms with Gasteiger partial charge in [-0.05, 0) is 31.9 Å². The lowest BCUT2D eigenvalue weighted by Gasteiger charge is -2.25. The first kappa shape index (κ1) is 15.9. The number of rotatable bonds is 8. The van der Waals surface area contributed by atoms with Gasteiger partial charge < -0.3 is 15.2 Å². The number of nitrogens with one attached hydrogen (secondary N) is 1. The van der Waals surface area contributed by atoms with Gasteiger partial charge in [-0.2, -0.15) is 0 Å². The second kappa shape index (κ2) is 7.46. The summed E-state index contributed by atoms with van der Waals surface area (Å²) in [6.45, 7) is 10.2. The number of pyridine rings is 1. The molecule has 0 saturated carbocycles. The van der Waals surface area contributed by atoms with Crippen molar-refractivity contribution in [2.24, 2.45) is 5.92 Å². The second-order valence-corrected chi connectivity index (χ2v) is 5.56. The predicted molar refractivity (Wildman–Crippen MR) is 77.3 cm³/mol. The van der Waals surface area contributed by atoms with Gasteiger partial charge in [0, 0.05) is 18.3 Å². The van der Waals surface area contributed by atoms with E-state index in [0.717, 1.165) is 18.5 Å². The first-order valence-electron chi connectivity index (χ1n) is 6.97. The monoisotopic (exact) mass is 266 g/mol. The fourth-order valence-corrected chi connectivity index (χ4v) is 1.72. The Kier molecular flexibility index (Phi) is 6.25. The zero-order valence-electron chi connectivity index (χ0n) is 12.4. The van der Waals surface area contributed by atoms with Crippen molar-refractivity contribution in [2.45, 2.75) is 39.7 Å². The highest BCUT2D eigenvalue weighted by Gasteiger charge is 2.23. The minimum Gasteiger partial charge on any atom is -0.492 e. The number of aliphatic hydroxyl groups is 1. The Labute approximate surface area is 116 Å². The van der Waals surface area contributed by atoms with E-state index in [2.05, 4.69) is 31.1 Å². The number of hydrogen-bond acceptors (Lipinski definition) is 4. The molecule has 1 unspecified atom stereocenters. The molecule has 4 nitrogen and oxygen atoms in total. The van der Waals surface area contributed by atoms with Crippen LogP contribution in [0.15, 0.2) is 18.5 Å². The first-order valence-corrected chi connectivity index (χ1v) is 6.97. The van der Waals surface area contributed by atoms with Gasteiger partial charge in [-0.25, -0.2) is 0 Å². The van der Waals surface area contributed by atoms with Crippen LogP contribution in [-0.2, 0) is 5.60 Å². The van der Waals surface area contributed by atoms with Crippen LogP contribution in [-0.4, -0.2) is 29.8 Å². The van der Waals surface area contributed by atoms with E-state index in [1.807, 2.05) is 6.07 Å². The van der Waals surface area contributed by atoms with Crippen LogP contribution in [0.5, 0.6) is 5.75 Å².